The Bertz CT molecular complexity index is 447. The van der Waals surface area contributed by atoms with Gasteiger partial charge in [-0.1, -0.05) is 0 Å². The van der Waals surface area contributed by atoms with Gasteiger partial charge in [0.25, 0.3) is 0 Å². The molecule has 0 saturated heterocycles. The van der Waals surface area contributed by atoms with E-state index in [-0.39, 0.29) is 6.10 Å². The number of nitrogens with zero attached hydrogens (tertiary/aromatic N) is 1. The second-order valence-electron chi connectivity index (χ2n) is 3.52. The maximum absolute atomic E-state index is 9.39. The maximum Gasteiger partial charge on any atom is 0.0776 e. The third-order valence-electron chi connectivity index (χ3n) is 2.22. The fraction of sp³-hybridized carbons (Fsp3) is 0.273. The molecular weight excluding hydrogens is 274 g/mol. The van der Waals surface area contributed by atoms with E-state index in [2.05, 4.69) is 31.9 Å². The standard InChI is InChI=1S/C11H12BrNOS/c1-8(14)9-2-3-13(5-9)6-11-4-10(12)7-15-11/h2-5,7-8,14H,6H2,1H3. The van der Waals surface area contributed by atoms with Crippen molar-refractivity contribution in [2.75, 3.05) is 0 Å². The second-order valence-corrected chi connectivity index (χ2v) is 5.44. The van der Waals surface area contributed by atoms with Crippen molar-refractivity contribution >= 4 is 27.3 Å². The van der Waals surface area contributed by atoms with Crippen molar-refractivity contribution in [3.8, 4) is 0 Å². The molecule has 1 N–H and O–H groups in total. The lowest BCUT2D eigenvalue weighted by Gasteiger charge is -2.00. The molecule has 2 nitrogen and oxygen atoms in total. The van der Waals surface area contributed by atoms with Gasteiger partial charge in [-0.3, -0.25) is 0 Å². The Morgan fingerprint density at radius 2 is 2.40 bits per heavy atom. The van der Waals surface area contributed by atoms with Crippen molar-refractivity contribution in [3.63, 3.8) is 0 Å². The fourth-order valence-corrected chi connectivity index (χ4v) is 2.88. The zero-order chi connectivity index (χ0) is 10.8. The fourth-order valence-electron chi connectivity index (χ4n) is 1.42. The van der Waals surface area contributed by atoms with Gasteiger partial charge in [0.1, 0.15) is 0 Å². The highest BCUT2D eigenvalue weighted by Gasteiger charge is 2.04. The van der Waals surface area contributed by atoms with Gasteiger partial charge in [-0.25, -0.2) is 0 Å². The number of aromatic nitrogens is 1. The number of thiophene rings is 1. The Morgan fingerprint density at radius 3 is 2.93 bits per heavy atom. The summed E-state index contributed by atoms with van der Waals surface area (Å²) in [5, 5.41) is 11.5. The number of halogens is 1. The van der Waals surface area contributed by atoms with Crippen molar-refractivity contribution in [1.82, 2.24) is 4.57 Å². The number of hydrogen-bond donors (Lipinski definition) is 1. The van der Waals surface area contributed by atoms with Gasteiger partial charge in [0.2, 0.25) is 0 Å². The van der Waals surface area contributed by atoms with Gasteiger partial charge in [-0.2, -0.15) is 0 Å². The molecule has 0 aliphatic heterocycles. The van der Waals surface area contributed by atoms with Gasteiger partial charge in [-0.05, 0) is 40.5 Å². The molecule has 2 rings (SSSR count). The molecular formula is C11H12BrNOS. The highest BCUT2D eigenvalue weighted by atomic mass is 79.9. The van der Waals surface area contributed by atoms with Crippen molar-refractivity contribution in [2.45, 2.75) is 19.6 Å². The van der Waals surface area contributed by atoms with E-state index in [0.717, 1.165) is 16.6 Å². The highest BCUT2D eigenvalue weighted by molar-refractivity contribution is 9.10. The Hall–Kier alpha value is -0.580. The second kappa shape index (κ2) is 4.51. The van der Waals surface area contributed by atoms with E-state index in [1.165, 1.54) is 4.88 Å². The summed E-state index contributed by atoms with van der Waals surface area (Å²) in [5.41, 5.74) is 0.964. The Labute approximate surface area is 101 Å². The Morgan fingerprint density at radius 1 is 1.60 bits per heavy atom. The summed E-state index contributed by atoms with van der Waals surface area (Å²) in [6, 6.07) is 4.07. The van der Waals surface area contributed by atoms with E-state index >= 15 is 0 Å². The van der Waals surface area contributed by atoms with Crippen LogP contribution in [0.15, 0.2) is 34.4 Å². The van der Waals surface area contributed by atoms with Gasteiger partial charge < -0.3 is 9.67 Å². The number of aliphatic hydroxyl groups is 1. The lowest BCUT2D eigenvalue weighted by atomic mass is 10.2. The SMILES string of the molecule is CC(O)c1ccn(Cc2cc(Br)cs2)c1. The van der Waals surface area contributed by atoms with Crippen LogP contribution in [0.3, 0.4) is 0 Å². The minimum absolute atomic E-state index is 0.388. The molecule has 80 valence electrons. The zero-order valence-corrected chi connectivity index (χ0v) is 10.8. The molecule has 0 saturated carbocycles. The van der Waals surface area contributed by atoms with Gasteiger partial charge in [0.05, 0.1) is 12.6 Å². The normalized spacial score (nSPS) is 13.0. The number of rotatable bonds is 3. The van der Waals surface area contributed by atoms with Crippen LogP contribution in [0.2, 0.25) is 0 Å². The molecule has 0 fully saturated rings. The molecule has 2 heterocycles. The first-order valence-electron chi connectivity index (χ1n) is 4.72. The van der Waals surface area contributed by atoms with Crippen LogP contribution < -0.4 is 0 Å². The average molecular weight is 286 g/mol. The third-order valence-corrected chi connectivity index (χ3v) is 3.90. The molecule has 2 aromatic heterocycles. The van der Waals surface area contributed by atoms with Gasteiger partial charge in [0.15, 0.2) is 0 Å². The molecule has 2 aromatic rings. The quantitative estimate of drug-likeness (QED) is 0.919. The van der Waals surface area contributed by atoms with E-state index in [0.29, 0.717) is 0 Å². The molecule has 4 heteroatoms. The maximum atomic E-state index is 9.39. The van der Waals surface area contributed by atoms with Gasteiger partial charge >= 0.3 is 0 Å². The molecule has 0 aliphatic rings. The number of aliphatic hydroxyl groups excluding tert-OH is 1. The van der Waals surface area contributed by atoms with Crippen LogP contribution in [0.1, 0.15) is 23.5 Å². The van der Waals surface area contributed by atoms with Gasteiger partial charge in [-0.15, -0.1) is 11.3 Å². The molecule has 0 radical (unpaired) electrons. The summed E-state index contributed by atoms with van der Waals surface area (Å²) < 4.78 is 3.21. The summed E-state index contributed by atoms with van der Waals surface area (Å²) in [5.74, 6) is 0. The monoisotopic (exact) mass is 285 g/mol. The van der Waals surface area contributed by atoms with Gasteiger partial charge in [0, 0.05) is 27.1 Å². The average Bonchev–Trinajstić information content (AvgIpc) is 2.76. The molecule has 0 aromatic carbocycles. The van der Waals surface area contributed by atoms with E-state index in [1.54, 1.807) is 18.3 Å². The molecule has 0 aliphatic carbocycles. The smallest absolute Gasteiger partial charge is 0.0776 e. The lowest BCUT2D eigenvalue weighted by Crippen LogP contribution is -1.94. The lowest BCUT2D eigenvalue weighted by molar-refractivity contribution is 0.199. The predicted octanol–water partition coefficient (Wildman–Crippen LogP) is 3.41. The topological polar surface area (TPSA) is 25.2 Å². The predicted molar refractivity (Wildman–Crippen MR) is 66.2 cm³/mol. The summed E-state index contributed by atoms with van der Waals surface area (Å²) >= 11 is 5.17. The van der Waals surface area contributed by atoms with E-state index in [4.69, 9.17) is 0 Å². The number of hydrogen-bond acceptors (Lipinski definition) is 2. The third kappa shape index (κ3) is 2.71. The molecule has 15 heavy (non-hydrogen) atoms. The Balaban J connectivity index is 2.11. The van der Waals surface area contributed by atoms with Crippen LogP contribution in [0, 0.1) is 0 Å². The summed E-state index contributed by atoms with van der Waals surface area (Å²) in [7, 11) is 0. The van der Waals surface area contributed by atoms with E-state index in [9.17, 15) is 5.11 Å². The molecule has 1 unspecified atom stereocenters. The van der Waals surface area contributed by atoms with Crippen molar-refractivity contribution in [1.29, 1.82) is 0 Å². The molecule has 0 spiro atoms. The minimum Gasteiger partial charge on any atom is -0.389 e. The van der Waals surface area contributed by atoms with E-state index < -0.39 is 0 Å². The van der Waals surface area contributed by atoms with Crippen LogP contribution in [0.25, 0.3) is 0 Å². The summed E-state index contributed by atoms with van der Waals surface area (Å²) in [6.45, 7) is 2.64. The van der Waals surface area contributed by atoms with Crippen LogP contribution in [0.4, 0.5) is 0 Å². The van der Waals surface area contributed by atoms with Crippen LogP contribution >= 0.6 is 27.3 Å². The summed E-state index contributed by atoms with van der Waals surface area (Å²) in [6.07, 6.45) is 3.59. The van der Waals surface area contributed by atoms with Crippen molar-refractivity contribution in [3.05, 3.63) is 44.8 Å². The van der Waals surface area contributed by atoms with Crippen LogP contribution in [-0.2, 0) is 6.54 Å². The van der Waals surface area contributed by atoms with E-state index in [1.807, 2.05) is 18.5 Å². The van der Waals surface area contributed by atoms with Crippen LogP contribution in [0.5, 0.6) is 0 Å². The molecule has 1 atom stereocenters. The largest absolute Gasteiger partial charge is 0.389 e. The van der Waals surface area contributed by atoms with Crippen molar-refractivity contribution in [2.24, 2.45) is 0 Å². The molecule has 0 amide bonds. The first-order valence-corrected chi connectivity index (χ1v) is 6.39. The zero-order valence-electron chi connectivity index (χ0n) is 8.35. The highest BCUT2D eigenvalue weighted by Crippen LogP contribution is 2.21. The first-order chi connectivity index (χ1) is 7.15. The minimum atomic E-state index is -0.388. The summed E-state index contributed by atoms with van der Waals surface area (Å²) in [4.78, 5) is 1.30. The molecule has 0 bridgehead atoms. The van der Waals surface area contributed by atoms with Crippen molar-refractivity contribution < 1.29 is 5.11 Å². The van der Waals surface area contributed by atoms with Crippen LogP contribution in [-0.4, -0.2) is 9.67 Å². The Kier molecular flexibility index (Phi) is 3.29. The first kappa shape index (κ1) is 10.9.